The van der Waals surface area contributed by atoms with E-state index < -0.39 is 12.3 Å². The second-order valence-corrected chi connectivity index (χ2v) is 6.88. The lowest BCUT2D eigenvalue weighted by atomic mass is 10.2. The third kappa shape index (κ3) is 4.03. The number of anilines is 1. The highest BCUT2D eigenvalue weighted by atomic mass is 19.1. The number of amides is 1. The van der Waals surface area contributed by atoms with Crippen LogP contribution in [0.3, 0.4) is 0 Å². The van der Waals surface area contributed by atoms with E-state index >= 15 is 0 Å². The van der Waals surface area contributed by atoms with Crippen molar-refractivity contribution >= 4 is 11.9 Å². The minimum atomic E-state index is -0.964. The fourth-order valence-corrected chi connectivity index (χ4v) is 3.02. The second-order valence-electron chi connectivity index (χ2n) is 6.88. The molecule has 2 heterocycles. The Kier molecular flexibility index (Phi) is 5.03. The van der Waals surface area contributed by atoms with Gasteiger partial charge in [0.2, 0.25) is 5.89 Å². The van der Waals surface area contributed by atoms with Crippen LogP contribution in [0.25, 0.3) is 0 Å². The van der Waals surface area contributed by atoms with Crippen LogP contribution in [0.15, 0.2) is 4.42 Å². The van der Waals surface area contributed by atoms with Crippen LogP contribution in [-0.2, 0) is 9.53 Å². The number of halogens is 1. The molecule has 3 rings (SSSR count). The van der Waals surface area contributed by atoms with Crippen molar-refractivity contribution in [2.24, 2.45) is 5.92 Å². The lowest BCUT2D eigenvalue weighted by Gasteiger charge is -2.28. The molecule has 0 bridgehead atoms. The summed E-state index contributed by atoms with van der Waals surface area (Å²) in [7, 11) is 1.72. The third-order valence-corrected chi connectivity index (χ3v) is 4.61. The van der Waals surface area contributed by atoms with E-state index in [1.54, 1.807) is 30.7 Å². The number of aryl methyl sites for hydroxylation is 1. The lowest BCUT2D eigenvalue weighted by molar-refractivity contribution is -0.141. The second kappa shape index (κ2) is 7.04. The van der Waals surface area contributed by atoms with E-state index in [4.69, 9.17) is 9.15 Å². The zero-order valence-electron chi connectivity index (χ0n) is 14.4. The number of likely N-dealkylation sites (N-methyl/N-ethyl adjacent to an activating group) is 1. The highest BCUT2D eigenvalue weighted by molar-refractivity contribution is 5.80. The first kappa shape index (κ1) is 17.1. The molecule has 2 aliphatic rings. The summed E-state index contributed by atoms with van der Waals surface area (Å²) in [5.41, 5.74) is 0. The molecule has 0 N–H and O–H groups in total. The van der Waals surface area contributed by atoms with E-state index in [9.17, 15) is 9.18 Å². The van der Waals surface area contributed by atoms with Crippen molar-refractivity contribution in [1.29, 1.82) is 0 Å². The van der Waals surface area contributed by atoms with Gasteiger partial charge in [-0.1, -0.05) is 5.10 Å². The molecule has 8 heteroatoms. The van der Waals surface area contributed by atoms with Gasteiger partial charge in [-0.15, -0.1) is 5.10 Å². The Morgan fingerprint density at radius 1 is 1.50 bits per heavy atom. The normalized spacial score (nSPS) is 25.1. The Labute approximate surface area is 141 Å². The van der Waals surface area contributed by atoms with Gasteiger partial charge in [0.05, 0.1) is 19.2 Å². The van der Waals surface area contributed by atoms with Crippen LogP contribution in [0.1, 0.15) is 32.1 Å². The fraction of sp³-hybridized carbons (Fsp3) is 0.812. The van der Waals surface area contributed by atoms with Crippen molar-refractivity contribution in [1.82, 2.24) is 15.1 Å². The summed E-state index contributed by atoms with van der Waals surface area (Å²) in [6.45, 7) is 4.72. The number of rotatable bonds is 7. The van der Waals surface area contributed by atoms with Crippen molar-refractivity contribution < 1.29 is 18.3 Å². The average molecular weight is 340 g/mol. The van der Waals surface area contributed by atoms with Gasteiger partial charge in [0.1, 0.15) is 12.3 Å². The number of carbonyl (C=O) groups is 1. The molecule has 1 aromatic heterocycles. The van der Waals surface area contributed by atoms with E-state index in [0.29, 0.717) is 37.4 Å². The summed E-state index contributed by atoms with van der Waals surface area (Å²) in [4.78, 5) is 15.8. The smallest absolute Gasteiger partial charge is 0.318 e. The zero-order valence-corrected chi connectivity index (χ0v) is 14.4. The molecular weight excluding hydrogens is 315 g/mol. The Morgan fingerprint density at radius 3 is 2.88 bits per heavy atom. The van der Waals surface area contributed by atoms with Gasteiger partial charge in [-0.3, -0.25) is 4.79 Å². The van der Waals surface area contributed by atoms with Gasteiger partial charge in [0, 0.05) is 26.9 Å². The average Bonchev–Trinajstić information content (AvgIpc) is 3.17. The molecule has 0 unspecified atom stereocenters. The largest absolute Gasteiger partial charge is 0.408 e. The number of ether oxygens (including phenoxy) is 1. The van der Waals surface area contributed by atoms with Crippen LogP contribution >= 0.6 is 0 Å². The molecule has 7 nitrogen and oxygen atoms in total. The van der Waals surface area contributed by atoms with E-state index in [0.717, 1.165) is 0 Å². The number of hydrogen-bond acceptors (Lipinski definition) is 6. The molecule has 1 saturated carbocycles. The predicted molar refractivity (Wildman–Crippen MR) is 85.5 cm³/mol. The van der Waals surface area contributed by atoms with Crippen molar-refractivity contribution in [3.63, 3.8) is 0 Å². The maximum absolute atomic E-state index is 13.9. The van der Waals surface area contributed by atoms with Crippen LogP contribution < -0.4 is 4.90 Å². The third-order valence-electron chi connectivity index (χ3n) is 4.61. The Hall–Kier alpha value is -1.70. The van der Waals surface area contributed by atoms with Gasteiger partial charge in [0.15, 0.2) is 0 Å². The van der Waals surface area contributed by atoms with E-state index in [1.165, 1.54) is 12.8 Å². The highest BCUT2D eigenvalue weighted by Crippen LogP contribution is 2.29. The SMILES string of the molecule is Cc1nnc(N2C[C@@H](F)C[C@H]2CN(C)C(=O)[C@@H](C)OCC2CC2)o1. The number of nitrogens with zero attached hydrogens (tertiary/aromatic N) is 4. The first-order valence-electron chi connectivity index (χ1n) is 8.51. The molecule has 1 aromatic rings. The molecule has 1 aliphatic heterocycles. The Bertz CT molecular complexity index is 577. The molecule has 134 valence electrons. The monoisotopic (exact) mass is 340 g/mol. The summed E-state index contributed by atoms with van der Waals surface area (Å²) in [5, 5.41) is 7.77. The van der Waals surface area contributed by atoms with Gasteiger partial charge in [-0.05, 0) is 25.7 Å². The lowest BCUT2D eigenvalue weighted by Crippen LogP contribution is -2.45. The van der Waals surface area contributed by atoms with Gasteiger partial charge >= 0.3 is 6.01 Å². The summed E-state index contributed by atoms with van der Waals surface area (Å²) in [6, 6.07) is 0.140. The Morgan fingerprint density at radius 2 is 2.25 bits per heavy atom. The molecule has 3 atom stereocenters. The van der Waals surface area contributed by atoms with E-state index in [1.807, 2.05) is 0 Å². The van der Waals surface area contributed by atoms with E-state index in [-0.39, 0.29) is 18.5 Å². The summed E-state index contributed by atoms with van der Waals surface area (Å²) < 4.78 is 24.9. The molecule has 0 spiro atoms. The minimum Gasteiger partial charge on any atom is -0.408 e. The standard InChI is InChI=1S/C16H25FN4O3/c1-10(23-9-12-4-5-12)15(22)20(3)8-14-6-13(17)7-21(14)16-19-18-11(2)24-16/h10,12-14H,4-9H2,1-3H3/t10-,13+,14+/m1/s1. The molecule has 1 saturated heterocycles. The molecule has 1 aliphatic carbocycles. The first-order chi connectivity index (χ1) is 11.4. The topological polar surface area (TPSA) is 71.7 Å². The van der Waals surface area contributed by atoms with Crippen molar-refractivity contribution in [2.75, 3.05) is 31.6 Å². The zero-order chi connectivity index (χ0) is 17.3. The molecular formula is C16H25FN4O3. The van der Waals surface area contributed by atoms with Crippen molar-refractivity contribution in [2.45, 2.75) is 51.4 Å². The molecule has 0 radical (unpaired) electrons. The maximum Gasteiger partial charge on any atom is 0.318 e. The van der Waals surface area contributed by atoms with Crippen molar-refractivity contribution in [3.05, 3.63) is 5.89 Å². The molecule has 24 heavy (non-hydrogen) atoms. The van der Waals surface area contributed by atoms with Crippen LogP contribution in [-0.4, -0.2) is 66.1 Å². The quantitative estimate of drug-likeness (QED) is 0.750. The fourth-order valence-electron chi connectivity index (χ4n) is 3.02. The van der Waals surface area contributed by atoms with Gasteiger partial charge in [-0.25, -0.2) is 4.39 Å². The first-order valence-corrected chi connectivity index (χ1v) is 8.51. The van der Waals surface area contributed by atoms with Crippen LogP contribution in [0, 0.1) is 12.8 Å². The molecule has 1 amide bonds. The maximum atomic E-state index is 13.9. The molecule has 0 aromatic carbocycles. The van der Waals surface area contributed by atoms with Gasteiger partial charge < -0.3 is 19.0 Å². The number of hydrogen-bond donors (Lipinski definition) is 0. The van der Waals surface area contributed by atoms with Crippen molar-refractivity contribution in [3.8, 4) is 0 Å². The number of alkyl halides is 1. The van der Waals surface area contributed by atoms with Crippen LogP contribution in [0.4, 0.5) is 10.4 Å². The summed E-state index contributed by atoms with van der Waals surface area (Å²) in [6.07, 6.45) is 1.28. The van der Waals surface area contributed by atoms with Crippen LogP contribution in [0.2, 0.25) is 0 Å². The summed E-state index contributed by atoms with van der Waals surface area (Å²) >= 11 is 0. The summed E-state index contributed by atoms with van der Waals surface area (Å²) in [5.74, 6) is 0.973. The minimum absolute atomic E-state index is 0.0837. The highest BCUT2D eigenvalue weighted by Gasteiger charge is 2.37. The van der Waals surface area contributed by atoms with E-state index in [2.05, 4.69) is 10.2 Å². The number of aromatic nitrogens is 2. The van der Waals surface area contributed by atoms with Gasteiger partial charge in [0.25, 0.3) is 5.91 Å². The van der Waals surface area contributed by atoms with Gasteiger partial charge in [-0.2, -0.15) is 0 Å². The predicted octanol–water partition coefficient (Wildman–Crippen LogP) is 1.57. The Balaban J connectivity index is 1.56. The van der Waals surface area contributed by atoms with Crippen LogP contribution in [0.5, 0.6) is 0 Å². The number of carbonyl (C=O) groups excluding carboxylic acids is 1. The molecule has 2 fully saturated rings.